The van der Waals surface area contributed by atoms with Crippen LogP contribution in [0, 0.1) is 12.7 Å². The highest BCUT2D eigenvalue weighted by molar-refractivity contribution is 5.95. The number of aromatic nitrogens is 4. The lowest BCUT2D eigenvalue weighted by molar-refractivity contribution is 0.0599. The molecule has 19 heavy (non-hydrogen) atoms. The van der Waals surface area contributed by atoms with Crippen molar-refractivity contribution in [1.82, 2.24) is 19.8 Å². The lowest BCUT2D eigenvalue weighted by Crippen LogP contribution is -2.25. The first-order chi connectivity index (χ1) is 8.97. The maximum absolute atomic E-state index is 14.0. The first-order valence-corrected chi connectivity index (χ1v) is 5.34. The summed E-state index contributed by atoms with van der Waals surface area (Å²) < 4.78 is 20.2. The average Bonchev–Trinajstić information content (AvgIpc) is 2.72. The quantitative estimate of drug-likeness (QED) is 0.725. The molecular formula is C11H11FN4O3. The highest BCUT2D eigenvalue weighted by atomic mass is 19.1. The molecule has 0 spiro atoms. The van der Waals surface area contributed by atoms with Crippen LogP contribution in [0.1, 0.15) is 15.9 Å². The van der Waals surface area contributed by atoms with Gasteiger partial charge in [-0.2, -0.15) is 9.36 Å². The molecule has 1 aromatic heterocycles. The Labute approximate surface area is 107 Å². The normalized spacial score (nSPS) is 10.5. The SMILES string of the molecule is COC(=O)c1c(C)ccc(F)c1-n1nnn(C)c1=O. The van der Waals surface area contributed by atoms with E-state index in [-0.39, 0.29) is 11.3 Å². The molecule has 0 bridgehead atoms. The van der Waals surface area contributed by atoms with Crippen LogP contribution in [0.2, 0.25) is 0 Å². The summed E-state index contributed by atoms with van der Waals surface area (Å²) in [7, 11) is 2.55. The van der Waals surface area contributed by atoms with Crippen LogP contribution in [0.3, 0.4) is 0 Å². The van der Waals surface area contributed by atoms with Crippen LogP contribution in [-0.4, -0.2) is 32.9 Å². The number of hydrogen-bond donors (Lipinski definition) is 0. The molecule has 1 aromatic carbocycles. The maximum atomic E-state index is 14.0. The molecular weight excluding hydrogens is 255 g/mol. The predicted molar refractivity (Wildman–Crippen MR) is 62.6 cm³/mol. The van der Waals surface area contributed by atoms with Crippen LogP contribution in [0.4, 0.5) is 4.39 Å². The smallest absolute Gasteiger partial charge is 0.368 e. The van der Waals surface area contributed by atoms with Crippen LogP contribution in [0.15, 0.2) is 16.9 Å². The van der Waals surface area contributed by atoms with Gasteiger partial charge >= 0.3 is 11.7 Å². The average molecular weight is 266 g/mol. The Bertz CT molecular complexity index is 704. The largest absolute Gasteiger partial charge is 0.465 e. The van der Waals surface area contributed by atoms with Crippen molar-refractivity contribution >= 4 is 5.97 Å². The van der Waals surface area contributed by atoms with Gasteiger partial charge in [-0.05, 0) is 29.0 Å². The fraction of sp³-hybridized carbons (Fsp3) is 0.273. The topological polar surface area (TPSA) is 79.0 Å². The second-order valence-electron chi connectivity index (χ2n) is 3.88. The second-order valence-corrected chi connectivity index (χ2v) is 3.88. The predicted octanol–water partition coefficient (Wildman–Crippen LogP) is 0.200. The highest BCUT2D eigenvalue weighted by Crippen LogP contribution is 2.21. The summed E-state index contributed by atoms with van der Waals surface area (Å²) in [6, 6.07) is 2.57. The number of tetrazole rings is 1. The minimum absolute atomic E-state index is 0.0508. The zero-order valence-corrected chi connectivity index (χ0v) is 10.5. The van der Waals surface area contributed by atoms with Gasteiger partial charge in [0, 0.05) is 7.05 Å². The molecule has 7 nitrogen and oxygen atoms in total. The van der Waals surface area contributed by atoms with Gasteiger partial charge in [0.1, 0.15) is 11.5 Å². The molecule has 0 saturated heterocycles. The summed E-state index contributed by atoms with van der Waals surface area (Å²) in [5.41, 5.74) is -0.495. The number of ether oxygens (including phenoxy) is 1. The summed E-state index contributed by atoms with van der Waals surface area (Å²) >= 11 is 0. The molecule has 0 aliphatic heterocycles. The molecule has 2 rings (SSSR count). The lowest BCUT2D eigenvalue weighted by atomic mass is 10.1. The van der Waals surface area contributed by atoms with Gasteiger partial charge in [-0.3, -0.25) is 0 Å². The summed E-state index contributed by atoms with van der Waals surface area (Å²) in [4.78, 5) is 23.5. The first-order valence-electron chi connectivity index (χ1n) is 5.34. The van der Waals surface area contributed by atoms with Crippen molar-refractivity contribution in [2.24, 2.45) is 7.05 Å². The van der Waals surface area contributed by atoms with Gasteiger partial charge in [0.15, 0.2) is 0 Å². The zero-order chi connectivity index (χ0) is 14.2. The number of carbonyl (C=O) groups excluding carboxylic acids is 1. The molecule has 0 aliphatic carbocycles. The Morgan fingerprint density at radius 3 is 2.58 bits per heavy atom. The molecule has 1 heterocycles. The number of rotatable bonds is 2. The third-order valence-corrected chi connectivity index (χ3v) is 2.66. The molecule has 0 fully saturated rings. The zero-order valence-electron chi connectivity index (χ0n) is 10.5. The number of hydrogen-bond acceptors (Lipinski definition) is 5. The Morgan fingerprint density at radius 1 is 1.37 bits per heavy atom. The first kappa shape index (κ1) is 12.9. The minimum atomic E-state index is -0.756. The lowest BCUT2D eigenvalue weighted by Gasteiger charge is -2.10. The number of carbonyl (C=O) groups is 1. The van der Waals surface area contributed by atoms with Crippen LogP contribution < -0.4 is 5.69 Å². The molecule has 2 aromatic rings. The van der Waals surface area contributed by atoms with E-state index in [2.05, 4.69) is 15.2 Å². The highest BCUT2D eigenvalue weighted by Gasteiger charge is 2.23. The third-order valence-electron chi connectivity index (χ3n) is 2.66. The molecule has 100 valence electrons. The van der Waals surface area contributed by atoms with Crippen molar-refractivity contribution in [3.8, 4) is 5.69 Å². The summed E-state index contributed by atoms with van der Waals surface area (Å²) in [6.45, 7) is 1.61. The molecule has 0 radical (unpaired) electrons. The maximum Gasteiger partial charge on any atom is 0.368 e. The van der Waals surface area contributed by atoms with Crippen molar-refractivity contribution in [2.45, 2.75) is 6.92 Å². The Morgan fingerprint density at radius 2 is 2.05 bits per heavy atom. The van der Waals surface area contributed by atoms with Gasteiger partial charge in [-0.25, -0.2) is 14.0 Å². The summed E-state index contributed by atoms with van der Waals surface area (Å²) in [6.07, 6.45) is 0. The number of halogens is 1. The van der Waals surface area contributed by atoms with Crippen molar-refractivity contribution in [3.05, 3.63) is 39.6 Å². The monoisotopic (exact) mass is 266 g/mol. The molecule has 0 amide bonds. The van der Waals surface area contributed by atoms with E-state index in [4.69, 9.17) is 0 Å². The van der Waals surface area contributed by atoms with E-state index in [1.165, 1.54) is 20.2 Å². The van der Waals surface area contributed by atoms with E-state index < -0.39 is 17.5 Å². The van der Waals surface area contributed by atoms with E-state index >= 15 is 0 Å². The second kappa shape index (κ2) is 4.63. The van der Waals surface area contributed by atoms with Gasteiger partial charge in [0.2, 0.25) is 0 Å². The van der Waals surface area contributed by atoms with Crippen LogP contribution in [0.25, 0.3) is 5.69 Å². The minimum Gasteiger partial charge on any atom is -0.465 e. The van der Waals surface area contributed by atoms with E-state index in [9.17, 15) is 14.0 Å². The van der Waals surface area contributed by atoms with E-state index in [1.807, 2.05) is 0 Å². The fourth-order valence-electron chi connectivity index (χ4n) is 1.69. The van der Waals surface area contributed by atoms with Crippen molar-refractivity contribution < 1.29 is 13.9 Å². The van der Waals surface area contributed by atoms with E-state index in [0.717, 1.165) is 15.4 Å². The Kier molecular flexibility index (Phi) is 3.16. The summed E-state index contributed by atoms with van der Waals surface area (Å²) in [5.74, 6) is -1.50. The van der Waals surface area contributed by atoms with Crippen LogP contribution in [0.5, 0.6) is 0 Å². The Balaban J connectivity index is 2.82. The molecule has 0 aliphatic rings. The van der Waals surface area contributed by atoms with E-state index in [0.29, 0.717) is 5.56 Å². The van der Waals surface area contributed by atoms with E-state index in [1.54, 1.807) is 6.92 Å². The van der Waals surface area contributed by atoms with Gasteiger partial charge in [0.25, 0.3) is 0 Å². The van der Waals surface area contributed by atoms with Gasteiger partial charge in [-0.1, -0.05) is 6.07 Å². The van der Waals surface area contributed by atoms with Crippen molar-refractivity contribution in [3.63, 3.8) is 0 Å². The van der Waals surface area contributed by atoms with Crippen LogP contribution >= 0.6 is 0 Å². The Hall–Kier alpha value is -2.51. The van der Waals surface area contributed by atoms with Crippen LogP contribution in [-0.2, 0) is 11.8 Å². The standard InChI is InChI=1S/C11H11FN4O3/c1-6-4-5-7(12)9(8(6)10(17)19-3)16-11(18)15(2)13-14-16/h4-5H,1-3H3. The third kappa shape index (κ3) is 2.01. The number of benzene rings is 1. The number of aryl methyl sites for hydroxylation is 2. The van der Waals surface area contributed by atoms with Crippen molar-refractivity contribution in [2.75, 3.05) is 7.11 Å². The van der Waals surface area contributed by atoms with Gasteiger partial charge in [-0.15, -0.1) is 0 Å². The van der Waals surface area contributed by atoms with Gasteiger partial charge in [0.05, 0.1) is 12.7 Å². The number of nitrogens with zero attached hydrogens (tertiary/aromatic N) is 4. The number of methoxy groups -OCH3 is 1. The summed E-state index contributed by atoms with van der Waals surface area (Å²) in [5, 5.41) is 7.02. The molecule has 0 N–H and O–H groups in total. The molecule has 0 atom stereocenters. The molecule has 8 heteroatoms. The van der Waals surface area contributed by atoms with Gasteiger partial charge < -0.3 is 4.74 Å². The molecule has 0 saturated carbocycles. The number of esters is 1. The molecule has 0 unspecified atom stereocenters. The van der Waals surface area contributed by atoms with Crippen molar-refractivity contribution in [1.29, 1.82) is 0 Å². The fourth-order valence-corrected chi connectivity index (χ4v) is 1.69.